The third-order valence-corrected chi connectivity index (χ3v) is 6.91. The highest BCUT2D eigenvalue weighted by atomic mass is 32.2. The number of hydrogen-bond acceptors (Lipinski definition) is 7. The Labute approximate surface area is 180 Å². The van der Waals surface area contributed by atoms with E-state index in [2.05, 4.69) is 21.8 Å². The smallest absolute Gasteiger partial charge is 0.242 e. The van der Waals surface area contributed by atoms with E-state index in [4.69, 9.17) is 4.74 Å². The summed E-state index contributed by atoms with van der Waals surface area (Å²) in [4.78, 5) is 4.27. The molecule has 158 valence electrons. The van der Waals surface area contributed by atoms with Crippen molar-refractivity contribution in [1.82, 2.24) is 24.1 Å². The largest absolute Gasteiger partial charge is 0.493 e. The predicted molar refractivity (Wildman–Crippen MR) is 117 cm³/mol. The zero-order valence-corrected chi connectivity index (χ0v) is 18.4. The first-order valence-electron chi connectivity index (χ1n) is 9.16. The monoisotopic (exact) mass is 445 g/mol. The maximum absolute atomic E-state index is 12.1. The first-order valence-corrected chi connectivity index (χ1v) is 11.6. The number of benzene rings is 1. The van der Waals surface area contributed by atoms with E-state index in [1.54, 1.807) is 42.7 Å². The highest BCUT2D eigenvalue weighted by molar-refractivity contribution is 7.99. The molecule has 0 aliphatic rings. The van der Waals surface area contributed by atoms with Crippen molar-refractivity contribution in [2.45, 2.75) is 16.6 Å². The Morgan fingerprint density at radius 3 is 2.47 bits per heavy atom. The first kappa shape index (κ1) is 22.0. The van der Waals surface area contributed by atoms with Gasteiger partial charge in [0.1, 0.15) is 5.75 Å². The van der Waals surface area contributed by atoms with Crippen molar-refractivity contribution >= 4 is 21.8 Å². The van der Waals surface area contributed by atoms with Gasteiger partial charge in [0, 0.05) is 44.4 Å². The third-order valence-electron chi connectivity index (χ3n) is 4.15. The molecule has 8 nitrogen and oxygen atoms in total. The highest BCUT2D eigenvalue weighted by Gasteiger charge is 2.17. The number of hydrogen-bond donors (Lipinski definition) is 0. The Morgan fingerprint density at radius 2 is 1.83 bits per heavy atom. The molecule has 0 fully saturated rings. The normalized spacial score (nSPS) is 11.6. The van der Waals surface area contributed by atoms with Crippen molar-refractivity contribution in [1.29, 1.82) is 0 Å². The Kier molecular flexibility index (Phi) is 7.24. The van der Waals surface area contributed by atoms with Crippen LogP contribution in [0, 0.1) is 0 Å². The summed E-state index contributed by atoms with van der Waals surface area (Å²) < 4.78 is 33.1. The van der Waals surface area contributed by atoms with Gasteiger partial charge in [-0.3, -0.25) is 9.55 Å². The average Bonchev–Trinajstić information content (AvgIpc) is 3.15. The zero-order chi connectivity index (χ0) is 21.6. The van der Waals surface area contributed by atoms with Gasteiger partial charge in [-0.1, -0.05) is 17.8 Å². The molecule has 30 heavy (non-hydrogen) atoms. The van der Waals surface area contributed by atoms with Gasteiger partial charge in [-0.05, 0) is 36.4 Å². The van der Waals surface area contributed by atoms with Crippen molar-refractivity contribution in [2.24, 2.45) is 0 Å². The number of allylic oxidation sites excluding steroid dienone is 1. The van der Waals surface area contributed by atoms with E-state index < -0.39 is 10.0 Å². The van der Waals surface area contributed by atoms with Crippen molar-refractivity contribution in [2.75, 3.05) is 26.5 Å². The van der Waals surface area contributed by atoms with Crippen LogP contribution in [0.1, 0.15) is 0 Å². The maximum Gasteiger partial charge on any atom is 0.242 e. The number of thioether (sulfide) groups is 1. The van der Waals surface area contributed by atoms with Crippen LogP contribution in [-0.2, 0) is 16.6 Å². The zero-order valence-electron chi connectivity index (χ0n) is 16.8. The van der Waals surface area contributed by atoms with Crippen molar-refractivity contribution in [3.63, 3.8) is 0 Å². The van der Waals surface area contributed by atoms with E-state index in [0.29, 0.717) is 24.7 Å². The fourth-order valence-corrected chi connectivity index (χ4v) is 4.28. The molecule has 0 N–H and O–H groups in total. The molecule has 0 aliphatic carbocycles. The first-order chi connectivity index (χ1) is 14.4. The summed E-state index contributed by atoms with van der Waals surface area (Å²) in [5.74, 6) is 2.03. The minimum absolute atomic E-state index is 0.232. The molecule has 3 aromatic rings. The third kappa shape index (κ3) is 5.07. The predicted octanol–water partition coefficient (Wildman–Crippen LogP) is 2.95. The molecule has 0 aliphatic heterocycles. The van der Waals surface area contributed by atoms with Gasteiger partial charge >= 0.3 is 0 Å². The van der Waals surface area contributed by atoms with Crippen LogP contribution in [-0.4, -0.2) is 58.9 Å². The van der Waals surface area contributed by atoms with E-state index in [1.165, 1.54) is 30.2 Å². The van der Waals surface area contributed by atoms with E-state index in [9.17, 15) is 8.42 Å². The van der Waals surface area contributed by atoms with Gasteiger partial charge in [0.15, 0.2) is 11.0 Å². The van der Waals surface area contributed by atoms with Crippen molar-refractivity contribution in [3.05, 3.63) is 61.4 Å². The molecule has 10 heteroatoms. The molecule has 2 aromatic heterocycles. The van der Waals surface area contributed by atoms with Gasteiger partial charge in [0.25, 0.3) is 0 Å². The van der Waals surface area contributed by atoms with E-state index >= 15 is 0 Å². The van der Waals surface area contributed by atoms with Crippen LogP contribution in [0.25, 0.3) is 11.4 Å². The van der Waals surface area contributed by atoms with Crippen LogP contribution >= 0.6 is 11.8 Å². The van der Waals surface area contributed by atoms with E-state index in [1.807, 2.05) is 16.7 Å². The van der Waals surface area contributed by atoms with E-state index in [-0.39, 0.29) is 4.90 Å². The lowest BCUT2D eigenvalue weighted by Crippen LogP contribution is -2.22. The van der Waals surface area contributed by atoms with Crippen molar-refractivity contribution in [3.8, 4) is 17.1 Å². The fourth-order valence-electron chi connectivity index (χ4n) is 2.61. The summed E-state index contributed by atoms with van der Waals surface area (Å²) >= 11 is 1.53. The molecule has 1 aromatic carbocycles. The Morgan fingerprint density at radius 1 is 1.13 bits per heavy atom. The summed E-state index contributed by atoms with van der Waals surface area (Å²) in [7, 11) is -0.438. The SMILES string of the molecule is C=CCn1c(SCCOc2ccc(S(=O)(=O)N(C)C)cc2)nnc1-c1ccncc1. The summed E-state index contributed by atoms with van der Waals surface area (Å²) in [6.07, 6.45) is 5.24. The van der Waals surface area contributed by atoms with Crippen molar-refractivity contribution < 1.29 is 13.2 Å². The summed E-state index contributed by atoms with van der Waals surface area (Å²) in [6.45, 7) is 4.85. The van der Waals surface area contributed by atoms with Gasteiger partial charge in [0.05, 0.1) is 11.5 Å². The molecular weight excluding hydrogens is 422 g/mol. The Balaban J connectivity index is 1.59. The number of aromatic nitrogens is 4. The second kappa shape index (κ2) is 9.88. The summed E-state index contributed by atoms with van der Waals surface area (Å²) in [6, 6.07) is 10.2. The quantitative estimate of drug-likeness (QED) is 0.269. The molecule has 0 saturated carbocycles. The number of sulfonamides is 1. The highest BCUT2D eigenvalue weighted by Crippen LogP contribution is 2.24. The maximum atomic E-state index is 12.1. The lowest BCUT2D eigenvalue weighted by molar-refractivity contribution is 0.343. The molecule has 0 saturated heterocycles. The molecule has 0 atom stereocenters. The van der Waals surface area contributed by atoms with Crippen LogP contribution < -0.4 is 4.74 Å². The Bertz CT molecular complexity index is 1080. The topological polar surface area (TPSA) is 90.2 Å². The van der Waals surface area contributed by atoms with Crippen LogP contribution in [0.2, 0.25) is 0 Å². The second-order valence-corrected chi connectivity index (χ2v) is 9.61. The molecule has 0 spiro atoms. The number of rotatable bonds is 10. The van der Waals surface area contributed by atoms with Gasteiger partial charge in [0.2, 0.25) is 10.0 Å². The Hall–Kier alpha value is -2.69. The fraction of sp³-hybridized carbons (Fsp3) is 0.250. The van der Waals surface area contributed by atoms with Crippen LogP contribution in [0.15, 0.2) is 71.5 Å². The van der Waals surface area contributed by atoms with Crippen LogP contribution in [0.3, 0.4) is 0 Å². The van der Waals surface area contributed by atoms with Crippen LogP contribution in [0.4, 0.5) is 0 Å². The summed E-state index contributed by atoms with van der Waals surface area (Å²) in [5, 5.41) is 9.37. The van der Waals surface area contributed by atoms with E-state index in [0.717, 1.165) is 16.5 Å². The number of pyridine rings is 1. The average molecular weight is 446 g/mol. The lowest BCUT2D eigenvalue weighted by Gasteiger charge is -2.12. The lowest BCUT2D eigenvalue weighted by atomic mass is 10.2. The molecular formula is C20H23N5O3S2. The minimum atomic E-state index is -3.44. The molecule has 3 rings (SSSR count). The molecule has 0 amide bonds. The molecule has 0 unspecified atom stereocenters. The summed E-state index contributed by atoms with van der Waals surface area (Å²) in [5.41, 5.74) is 0.940. The van der Waals surface area contributed by atoms with Gasteiger partial charge in [-0.25, -0.2) is 12.7 Å². The van der Waals surface area contributed by atoms with Crippen LogP contribution in [0.5, 0.6) is 5.75 Å². The minimum Gasteiger partial charge on any atom is -0.493 e. The van der Waals surface area contributed by atoms with Gasteiger partial charge in [-0.2, -0.15) is 0 Å². The number of ether oxygens (including phenoxy) is 1. The molecule has 0 bridgehead atoms. The molecule has 2 heterocycles. The van der Waals surface area contributed by atoms with Gasteiger partial charge < -0.3 is 4.74 Å². The molecule has 0 radical (unpaired) electrons. The standard InChI is InChI=1S/C20H23N5O3S2/c1-4-13-25-19(16-9-11-21-12-10-16)22-23-20(25)29-15-14-28-17-5-7-18(8-6-17)30(26,27)24(2)3/h4-12H,1,13-15H2,2-3H3. The number of nitrogens with zero attached hydrogens (tertiary/aromatic N) is 5. The second-order valence-electron chi connectivity index (χ2n) is 6.40. The van der Waals surface area contributed by atoms with Gasteiger partial charge in [-0.15, -0.1) is 16.8 Å².